The number of carbonyl (C=O) groups is 2. The van der Waals surface area contributed by atoms with Crippen LogP contribution in [0.2, 0.25) is 5.02 Å². The summed E-state index contributed by atoms with van der Waals surface area (Å²) < 4.78 is 6.12. The molecule has 25 heavy (non-hydrogen) atoms. The predicted octanol–water partition coefficient (Wildman–Crippen LogP) is 3.22. The molecule has 0 spiro atoms. The van der Waals surface area contributed by atoms with Crippen LogP contribution in [0, 0.1) is 0 Å². The molecule has 1 aliphatic carbocycles. The molecule has 6 heteroatoms. The number of pyridine rings is 1. The quantitative estimate of drug-likeness (QED) is 0.586. The van der Waals surface area contributed by atoms with Gasteiger partial charge in [-0.15, -0.1) is 0 Å². The van der Waals surface area contributed by atoms with Gasteiger partial charge in [-0.2, -0.15) is 0 Å². The van der Waals surface area contributed by atoms with Gasteiger partial charge in [-0.05, 0) is 54.5 Å². The molecular weight excluding hydrogens is 342 g/mol. The molecule has 5 nitrogen and oxygen atoms in total. The van der Waals surface area contributed by atoms with Crippen molar-refractivity contribution >= 4 is 23.9 Å². The van der Waals surface area contributed by atoms with Crippen molar-refractivity contribution in [3.05, 3.63) is 68.1 Å². The van der Waals surface area contributed by atoms with E-state index in [-0.39, 0.29) is 10.6 Å². The second-order valence-corrected chi connectivity index (χ2v) is 6.53. The number of methoxy groups -OCH3 is 1. The summed E-state index contributed by atoms with van der Waals surface area (Å²) >= 11 is 6.07. The molecule has 130 valence electrons. The Kier molecular flexibility index (Phi) is 5.04. The number of ether oxygens (including phenoxy) is 1. The molecule has 1 heterocycles. The van der Waals surface area contributed by atoms with Gasteiger partial charge in [0.25, 0.3) is 5.56 Å². The third-order valence-electron chi connectivity index (χ3n) is 4.45. The highest BCUT2D eigenvalue weighted by atomic mass is 35.5. The van der Waals surface area contributed by atoms with E-state index < -0.39 is 5.97 Å². The van der Waals surface area contributed by atoms with E-state index in [1.165, 1.54) is 11.7 Å². The van der Waals surface area contributed by atoms with Crippen LogP contribution in [0.5, 0.6) is 0 Å². The number of rotatable bonds is 6. The van der Waals surface area contributed by atoms with E-state index in [1.807, 2.05) is 12.1 Å². The Morgan fingerprint density at radius 3 is 2.56 bits per heavy atom. The van der Waals surface area contributed by atoms with Crippen molar-refractivity contribution in [3.8, 4) is 0 Å². The minimum Gasteiger partial charge on any atom is -0.465 e. The normalized spacial score (nSPS) is 13.5. The first-order valence-corrected chi connectivity index (χ1v) is 8.48. The Hall–Kier alpha value is -2.40. The van der Waals surface area contributed by atoms with Crippen molar-refractivity contribution in [3.63, 3.8) is 0 Å². The van der Waals surface area contributed by atoms with Gasteiger partial charge in [0.15, 0.2) is 6.29 Å². The molecular formula is C19H18ClNO4. The summed E-state index contributed by atoms with van der Waals surface area (Å²) in [4.78, 5) is 35.4. The SMILES string of the molecule is COC(=O)c1ccc(CCn2c(C=O)c(C3CC3)cc(Cl)c2=O)cc1. The maximum atomic E-state index is 12.4. The van der Waals surface area contributed by atoms with Crippen molar-refractivity contribution in [1.82, 2.24) is 4.57 Å². The van der Waals surface area contributed by atoms with Crippen LogP contribution in [-0.2, 0) is 17.7 Å². The van der Waals surface area contributed by atoms with Gasteiger partial charge < -0.3 is 9.30 Å². The molecule has 1 saturated carbocycles. The Labute approximate surface area is 150 Å². The van der Waals surface area contributed by atoms with Crippen LogP contribution in [0.4, 0.5) is 0 Å². The fourth-order valence-electron chi connectivity index (χ4n) is 2.91. The lowest BCUT2D eigenvalue weighted by Gasteiger charge is -2.14. The van der Waals surface area contributed by atoms with Crippen LogP contribution in [-0.4, -0.2) is 23.9 Å². The van der Waals surface area contributed by atoms with Gasteiger partial charge in [0.2, 0.25) is 0 Å². The number of aryl methyl sites for hydroxylation is 1. The van der Waals surface area contributed by atoms with Gasteiger partial charge in [0, 0.05) is 6.54 Å². The summed E-state index contributed by atoms with van der Waals surface area (Å²) in [7, 11) is 1.33. The van der Waals surface area contributed by atoms with Gasteiger partial charge >= 0.3 is 5.97 Å². The van der Waals surface area contributed by atoms with E-state index in [9.17, 15) is 14.4 Å². The Morgan fingerprint density at radius 1 is 1.32 bits per heavy atom. The molecule has 1 aromatic heterocycles. The van der Waals surface area contributed by atoms with E-state index in [0.29, 0.717) is 30.1 Å². The fraction of sp³-hybridized carbons (Fsp3) is 0.316. The Bertz CT molecular complexity index is 866. The molecule has 0 unspecified atom stereocenters. The topological polar surface area (TPSA) is 65.4 Å². The van der Waals surface area contributed by atoms with E-state index >= 15 is 0 Å². The number of halogens is 1. The average Bonchev–Trinajstić information content (AvgIpc) is 3.47. The zero-order chi connectivity index (χ0) is 18.0. The molecule has 1 aliphatic rings. The van der Waals surface area contributed by atoms with Crippen molar-refractivity contribution in [2.75, 3.05) is 7.11 Å². The maximum absolute atomic E-state index is 12.4. The monoisotopic (exact) mass is 359 g/mol. The molecule has 0 aliphatic heterocycles. The number of esters is 1. The molecule has 0 N–H and O–H groups in total. The standard InChI is InChI=1S/C19H18ClNO4/c1-25-19(24)14-4-2-12(3-5-14)8-9-21-17(11-22)15(13-6-7-13)10-16(20)18(21)23/h2-5,10-11,13H,6-9H2,1H3. The van der Waals surface area contributed by atoms with Crippen LogP contribution in [0.15, 0.2) is 35.1 Å². The zero-order valence-electron chi connectivity index (χ0n) is 13.8. The number of aromatic nitrogens is 1. The lowest BCUT2D eigenvalue weighted by atomic mass is 10.1. The maximum Gasteiger partial charge on any atom is 0.337 e. The molecule has 0 amide bonds. The van der Waals surface area contributed by atoms with E-state index in [4.69, 9.17) is 11.6 Å². The van der Waals surface area contributed by atoms with Gasteiger partial charge in [-0.25, -0.2) is 4.79 Å². The van der Waals surface area contributed by atoms with E-state index in [0.717, 1.165) is 30.3 Å². The van der Waals surface area contributed by atoms with Crippen LogP contribution in [0.25, 0.3) is 0 Å². The number of aldehydes is 1. The van der Waals surface area contributed by atoms with E-state index in [1.54, 1.807) is 18.2 Å². The lowest BCUT2D eigenvalue weighted by Crippen LogP contribution is -2.26. The van der Waals surface area contributed by atoms with Gasteiger partial charge in [0.05, 0.1) is 18.4 Å². The molecule has 0 bridgehead atoms. The zero-order valence-corrected chi connectivity index (χ0v) is 14.6. The summed E-state index contributed by atoms with van der Waals surface area (Å²) in [6.45, 7) is 0.352. The summed E-state index contributed by atoms with van der Waals surface area (Å²) in [6.07, 6.45) is 3.33. The summed E-state index contributed by atoms with van der Waals surface area (Å²) in [5, 5.41) is 0.147. The van der Waals surface area contributed by atoms with E-state index in [2.05, 4.69) is 4.74 Å². The van der Waals surface area contributed by atoms with Crippen LogP contribution in [0.1, 0.15) is 50.7 Å². The largest absolute Gasteiger partial charge is 0.465 e. The molecule has 1 aromatic carbocycles. The molecule has 3 rings (SSSR count). The third-order valence-corrected chi connectivity index (χ3v) is 4.72. The third kappa shape index (κ3) is 3.66. The first-order chi connectivity index (χ1) is 12.0. The van der Waals surface area contributed by atoms with Crippen molar-refractivity contribution in [2.45, 2.75) is 31.7 Å². The number of nitrogens with zero attached hydrogens (tertiary/aromatic N) is 1. The van der Waals surface area contributed by atoms with Crippen molar-refractivity contribution < 1.29 is 14.3 Å². The van der Waals surface area contributed by atoms with Gasteiger partial charge in [-0.3, -0.25) is 9.59 Å². The van der Waals surface area contributed by atoms with Gasteiger partial charge in [0.1, 0.15) is 5.02 Å². The van der Waals surface area contributed by atoms with Crippen molar-refractivity contribution in [1.29, 1.82) is 0 Å². The second-order valence-electron chi connectivity index (χ2n) is 6.12. The fourth-order valence-corrected chi connectivity index (χ4v) is 3.13. The number of hydrogen-bond donors (Lipinski definition) is 0. The lowest BCUT2D eigenvalue weighted by molar-refractivity contribution is 0.0600. The van der Waals surface area contributed by atoms with Crippen molar-refractivity contribution in [2.24, 2.45) is 0 Å². The first-order valence-electron chi connectivity index (χ1n) is 8.10. The Balaban J connectivity index is 1.84. The smallest absolute Gasteiger partial charge is 0.337 e. The van der Waals surface area contributed by atoms with Gasteiger partial charge in [-0.1, -0.05) is 23.7 Å². The highest BCUT2D eigenvalue weighted by Crippen LogP contribution is 2.41. The average molecular weight is 360 g/mol. The molecule has 0 radical (unpaired) electrons. The first kappa shape index (κ1) is 17.4. The van der Waals surface area contributed by atoms with Crippen LogP contribution < -0.4 is 5.56 Å². The second kappa shape index (κ2) is 7.23. The number of hydrogen-bond acceptors (Lipinski definition) is 4. The predicted molar refractivity (Wildman–Crippen MR) is 94.6 cm³/mol. The highest BCUT2D eigenvalue weighted by molar-refractivity contribution is 6.30. The summed E-state index contributed by atoms with van der Waals surface area (Å²) in [5.41, 5.74) is 2.35. The molecule has 1 fully saturated rings. The summed E-state index contributed by atoms with van der Waals surface area (Å²) in [6, 6.07) is 8.61. The minimum absolute atomic E-state index is 0.147. The number of carbonyl (C=O) groups excluding carboxylic acids is 2. The van der Waals surface area contributed by atoms with Crippen LogP contribution in [0.3, 0.4) is 0 Å². The molecule has 2 aromatic rings. The Morgan fingerprint density at radius 2 is 2.00 bits per heavy atom. The van der Waals surface area contributed by atoms with Crippen LogP contribution >= 0.6 is 11.6 Å². The number of benzene rings is 1. The molecule has 0 atom stereocenters. The molecule has 0 saturated heterocycles. The highest BCUT2D eigenvalue weighted by Gasteiger charge is 2.28. The summed E-state index contributed by atoms with van der Waals surface area (Å²) in [5.74, 6) is -0.0705. The minimum atomic E-state index is -0.394.